The summed E-state index contributed by atoms with van der Waals surface area (Å²) >= 11 is 0. The van der Waals surface area contributed by atoms with E-state index in [0.717, 1.165) is 16.8 Å². The first-order chi connectivity index (χ1) is 15.3. The van der Waals surface area contributed by atoms with Crippen LogP contribution in [0.25, 0.3) is 0 Å². The van der Waals surface area contributed by atoms with Crippen molar-refractivity contribution in [2.45, 2.75) is 51.4 Å². The van der Waals surface area contributed by atoms with E-state index < -0.39 is 11.7 Å². The van der Waals surface area contributed by atoms with Crippen molar-refractivity contribution in [1.82, 2.24) is 15.5 Å². The molecule has 32 heavy (non-hydrogen) atoms. The van der Waals surface area contributed by atoms with Crippen molar-refractivity contribution in [1.29, 1.82) is 0 Å². The van der Waals surface area contributed by atoms with Crippen molar-refractivity contribution in [3.63, 3.8) is 0 Å². The molecule has 0 aliphatic carbocycles. The van der Waals surface area contributed by atoms with Crippen LogP contribution >= 0.6 is 0 Å². The van der Waals surface area contributed by atoms with Crippen LogP contribution in [0.5, 0.6) is 0 Å². The minimum atomic E-state index is -0.730. The maximum absolute atomic E-state index is 13.1. The van der Waals surface area contributed by atoms with E-state index in [9.17, 15) is 18.8 Å². The lowest BCUT2D eigenvalue weighted by molar-refractivity contribution is -0.139. The third-order valence-electron chi connectivity index (χ3n) is 6.24. The zero-order valence-electron chi connectivity index (χ0n) is 18.2. The number of amides is 3. The standard InChI is InChI=1S/C24H27FN4O3/c1-15-3-8-19-20(13-15)27-24(28-23(19)32)10-9-21(30)29(12-11-24)16(2)22(31)26-14-17-4-6-18(25)7-5-17/h3-8,13,16,27H,9-12,14H2,1-2H3,(H,26,31)(H,28,32)/t16-,24+/m0/s1. The normalized spacial score (nSPS) is 21.3. The number of benzene rings is 2. The van der Waals surface area contributed by atoms with E-state index in [4.69, 9.17) is 0 Å². The van der Waals surface area contributed by atoms with Crippen molar-refractivity contribution in [2.24, 2.45) is 0 Å². The van der Waals surface area contributed by atoms with Crippen LogP contribution in [-0.4, -0.2) is 40.9 Å². The molecular weight excluding hydrogens is 411 g/mol. The number of likely N-dealkylation sites (tertiary alicyclic amines) is 1. The Bertz CT molecular complexity index is 1060. The minimum Gasteiger partial charge on any atom is -0.362 e. The van der Waals surface area contributed by atoms with Gasteiger partial charge in [0, 0.05) is 31.6 Å². The van der Waals surface area contributed by atoms with Gasteiger partial charge in [0.2, 0.25) is 11.8 Å². The van der Waals surface area contributed by atoms with Crippen molar-refractivity contribution >= 4 is 23.4 Å². The van der Waals surface area contributed by atoms with E-state index in [2.05, 4.69) is 16.0 Å². The minimum absolute atomic E-state index is 0.127. The quantitative estimate of drug-likeness (QED) is 0.685. The average Bonchev–Trinajstić information content (AvgIpc) is 2.91. The molecule has 1 spiro atoms. The Morgan fingerprint density at radius 3 is 2.66 bits per heavy atom. The molecule has 1 saturated heterocycles. The summed E-state index contributed by atoms with van der Waals surface area (Å²) in [5.41, 5.74) is 2.43. The number of aryl methyl sites for hydroxylation is 1. The zero-order valence-corrected chi connectivity index (χ0v) is 18.2. The molecule has 2 aromatic carbocycles. The number of hydrogen-bond donors (Lipinski definition) is 3. The molecule has 1 fully saturated rings. The highest BCUT2D eigenvalue weighted by Gasteiger charge is 2.41. The number of fused-ring (bicyclic) bond motifs is 1. The maximum atomic E-state index is 13.1. The second kappa shape index (κ2) is 8.61. The highest BCUT2D eigenvalue weighted by atomic mass is 19.1. The van der Waals surface area contributed by atoms with Gasteiger partial charge in [0.1, 0.15) is 17.5 Å². The third-order valence-corrected chi connectivity index (χ3v) is 6.24. The lowest BCUT2D eigenvalue weighted by atomic mass is 9.94. The average molecular weight is 439 g/mol. The fourth-order valence-corrected chi connectivity index (χ4v) is 4.30. The Labute approximate surface area is 186 Å². The summed E-state index contributed by atoms with van der Waals surface area (Å²) in [6.45, 7) is 4.24. The fraction of sp³-hybridized carbons (Fsp3) is 0.375. The van der Waals surface area contributed by atoms with E-state index in [1.165, 1.54) is 12.1 Å². The molecular formula is C24H27FN4O3. The van der Waals surface area contributed by atoms with Crippen LogP contribution in [0.2, 0.25) is 0 Å². The lowest BCUT2D eigenvalue weighted by Crippen LogP contribution is -2.58. The van der Waals surface area contributed by atoms with Crippen LogP contribution in [0.1, 0.15) is 47.7 Å². The van der Waals surface area contributed by atoms with Crippen LogP contribution in [-0.2, 0) is 16.1 Å². The predicted octanol–water partition coefficient (Wildman–Crippen LogP) is 2.70. The van der Waals surface area contributed by atoms with Gasteiger partial charge in [-0.25, -0.2) is 4.39 Å². The summed E-state index contributed by atoms with van der Waals surface area (Å²) in [6.07, 6.45) is 1.13. The number of nitrogens with zero attached hydrogens (tertiary/aromatic N) is 1. The molecule has 8 heteroatoms. The number of hydrogen-bond acceptors (Lipinski definition) is 4. The van der Waals surface area contributed by atoms with Crippen LogP contribution in [0.15, 0.2) is 42.5 Å². The zero-order chi connectivity index (χ0) is 22.9. The van der Waals surface area contributed by atoms with Gasteiger partial charge in [-0.3, -0.25) is 14.4 Å². The smallest absolute Gasteiger partial charge is 0.255 e. The molecule has 0 saturated carbocycles. The van der Waals surface area contributed by atoms with Gasteiger partial charge in [-0.1, -0.05) is 18.2 Å². The molecule has 0 aromatic heterocycles. The highest BCUT2D eigenvalue weighted by Crippen LogP contribution is 2.32. The molecule has 4 rings (SSSR count). The summed E-state index contributed by atoms with van der Waals surface area (Å²) in [7, 11) is 0. The Kier molecular flexibility index (Phi) is 5.86. The first-order valence-corrected chi connectivity index (χ1v) is 10.8. The molecule has 2 atom stereocenters. The number of halogens is 1. The molecule has 2 aliphatic rings. The Morgan fingerprint density at radius 2 is 1.91 bits per heavy atom. The van der Waals surface area contributed by atoms with Crippen molar-refractivity contribution in [3.8, 4) is 0 Å². The Hall–Kier alpha value is -3.42. The van der Waals surface area contributed by atoms with E-state index in [-0.39, 0.29) is 36.5 Å². The second-order valence-electron chi connectivity index (χ2n) is 8.57. The molecule has 2 heterocycles. The molecule has 0 unspecified atom stereocenters. The van der Waals surface area contributed by atoms with Gasteiger partial charge in [0.05, 0.1) is 5.56 Å². The van der Waals surface area contributed by atoms with Gasteiger partial charge in [-0.05, 0) is 55.7 Å². The Balaban J connectivity index is 1.42. The van der Waals surface area contributed by atoms with E-state index in [0.29, 0.717) is 24.9 Å². The largest absolute Gasteiger partial charge is 0.362 e. The summed E-state index contributed by atoms with van der Waals surface area (Å²) in [4.78, 5) is 39.8. The van der Waals surface area contributed by atoms with E-state index >= 15 is 0 Å². The number of nitrogens with one attached hydrogen (secondary N) is 3. The van der Waals surface area contributed by atoms with Gasteiger partial charge in [-0.2, -0.15) is 0 Å². The van der Waals surface area contributed by atoms with Gasteiger partial charge < -0.3 is 20.9 Å². The van der Waals surface area contributed by atoms with E-state index in [1.807, 2.05) is 19.1 Å². The highest BCUT2D eigenvalue weighted by molar-refractivity contribution is 6.02. The predicted molar refractivity (Wildman–Crippen MR) is 118 cm³/mol. The number of rotatable bonds is 4. The molecule has 3 N–H and O–H groups in total. The lowest BCUT2D eigenvalue weighted by Gasteiger charge is -2.40. The monoisotopic (exact) mass is 438 g/mol. The maximum Gasteiger partial charge on any atom is 0.255 e. The van der Waals surface area contributed by atoms with Gasteiger partial charge in [0.15, 0.2) is 0 Å². The van der Waals surface area contributed by atoms with Crippen LogP contribution in [0.3, 0.4) is 0 Å². The van der Waals surface area contributed by atoms with Gasteiger partial charge in [0.25, 0.3) is 5.91 Å². The molecule has 3 amide bonds. The van der Waals surface area contributed by atoms with Crippen LogP contribution in [0.4, 0.5) is 10.1 Å². The topological polar surface area (TPSA) is 90.5 Å². The summed E-state index contributed by atoms with van der Waals surface area (Å²) in [5, 5.41) is 9.30. The fourth-order valence-electron chi connectivity index (χ4n) is 4.30. The summed E-state index contributed by atoms with van der Waals surface area (Å²) in [6, 6.07) is 10.9. The van der Waals surface area contributed by atoms with Crippen molar-refractivity contribution in [2.75, 3.05) is 11.9 Å². The first-order valence-electron chi connectivity index (χ1n) is 10.8. The first kappa shape index (κ1) is 21.8. The Morgan fingerprint density at radius 1 is 1.16 bits per heavy atom. The molecule has 7 nitrogen and oxygen atoms in total. The second-order valence-corrected chi connectivity index (χ2v) is 8.57. The SMILES string of the molecule is Cc1ccc2c(c1)N[C@]1(CCC(=O)N([C@@H](C)C(=O)NCc3ccc(F)cc3)CC1)NC2=O. The molecule has 0 bridgehead atoms. The van der Waals surface area contributed by atoms with E-state index in [1.54, 1.807) is 30.0 Å². The number of carbonyl (C=O) groups excluding carboxylic acids is 3. The molecule has 2 aliphatic heterocycles. The molecule has 2 aromatic rings. The van der Waals surface area contributed by atoms with Crippen molar-refractivity contribution < 1.29 is 18.8 Å². The molecule has 0 radical (unpaired) electrons. The third kappa shape index (κ3) is 4.44. The summed E-state index contributed by atoms with van der Waals surface area (Å²) in [5.74, 6) is -0.902. The number of anilines is 1. The molecule has 168 valence electrons. The number of carbonyl (C=O) groups is 3. The van der Waals surface area contributed by atoms with Gasteiger partial charge >= 0.3 is 0 Å². The van der Waals surface area contributed by atoms with Crippen molar-refractivity contribution in [3.05, 3.63) is 65.0 Å². The van der Waals surface area contributed by atoms with Crippen LogP contribution < -0.4 is 16.0 Å². The summed E-state index contributed by atoms with van der Waals surface area (Å²) < 4.78 is 13.1. The van der Waals surface area contributed by atoms with Gasteiger partial charge in [-0.15, -0.1) is 0 Å². The van der Waals surface area contributed by atoms with Crippen LogP contribution in [0, 0.1) is 12.7 Å².